The first-order chi connectivity index (χ1) is 8.66. The highest BCUT2D eigenvalue weighted by molar-refractivity contribution is 5.18. The Labute approximate surface area is 104 Å². The van der Waals surface area contributed by atoms with Crippen molar-refractivity contribution in [1.82, 2.24) is 14.9 Å². The summed E-state index contributed by atoms with van der Waals surface area (Å²) in [7, 11) is 0. The Morgan fingerprint density at radius 3 is 2.89 bits per heavy atom. The van der Waals surface area contributed by atoms with Crippen molar-refractivity contribution in [3.63, 3.8) is 0 Å². The number of aryl methyl sites for hydroxylation is 1. The van der Waals surface area contributed by atoms with Crippen LogP contribution in [0.25, 0.3) is 0 Å². The van der Waals surface area contributed by atoms with Crippen molar-refractivity contribution < 1.29 is 8.78 Å². The largest absolute Gasteiger partial charge is 0.334 e. The molecule has 1 aromatic carbocycles. The smallest absolute Gasteiger partial charge is 0.127 e. The van der Waals surface area contributed by atoms with E-state index in [0.29, 0.717) is 18.7 Å². The molecular weight excluding hydrogens is 236 g/mol. The predicted octanol–water partition coefficient (Wildman–Crippen LogP) is 2.26. The van der Waals surface area contributed by atoms with E-state index in [-0.39, 0.29) is 5.82 Å². The molecule has 1 heterocycles. The molecule has 2 aromatic rings. The summed E-state index contributed by atoms with van der Waals surface area (Å²) >= 11 is 0. The molecule has 0 amide bonds. The van der Waals surface area contributed by atoms with Gasteiger partial charge in [0.25, 0.3) is 0 Å². The molecule has 0 unspecified atom stereocenters. The number of aromatic nitrogens is 2. The van der Waals surface area contributed by atoms with Gasteiger partial charge in [0.15, 0.2) is 0 Å². The second kappa shape index (κ2) is 5.73. The third-order valence-corrected chi connectivity index (χ3v) is 2.78. The molecule has 0 saturated carbocycles. The minimum Gasteiger partial charge on any atom is -0.334 e. The highest BCUT2D eigenvalue weighted by Crippen LogP contribution is 2.09. The van der Waals surface area contributed by atoms with Gasteiger partial charge < -0.3 is 9.88 Å². The maximum Gasteiger partial charge on any atom is 0.127 e. The first kappa shape index (κ1) is 12.7. The maximum atomic E-state index is 13.3. The second-order valence-electron chi connectivity index (χ2n) is 4.08. The van der Waals surface area contributed by atoms with E-state index < -0.39 is 5.82 Å². The third-order valence-electron chi connectivity index (χ3n) is 2.78. The Balaban J connectivity index is 1.82. The van der Waals surface area contributed by atoms with Crippen molar-refractivity contribution in [1.29, 1.82) is 0 Å². The maximum absolute atomic E-state index is 13.3. The first-order valence-electron chi connectivity index (χ1n) is 5.79. The summed E-state index contributed by atoms with van der Waals surface area (Å²) < 4.78 is 28.2. The van der Waals surface area contributed by atoms with Gasteiger partial charge in [0.05, 0.1) is 0 Å². The van der Waals surface area contributed by atoms with Crippen LogP contribution in [-0.2, 0) is 13.1 Å². The molecule has 3 nitrogen and oxygen atoms in total. The predicted molar refractivity (Wildman–Crippen MR) is 65.0 cm³/mol. The summed E-state index contributed by atoms with van der Waals surface area (Å²) in [6.45, 7) is 3.67. The zero-order chi connectivity index (χ0) is 13.0. The van der Waals surface area contributed by atoms with Crippen LogP contribution in [0.3, 0.4) is 0 Å². The molecule has 0 aliphatic rings. The van der Waals surface area contributed by atoms with Gasteiger partial charge in [0.2, 0.25) is 0 Å². The standard InChI is InChI=1S/C13H15F2N3/c1-10-17-5-7-18(10)6-4-16-9-11-8-12(14)2-3-13(11)15/h2-3,5,7-8,16H,4,6,9H2,1H3. The van der Waals surface area contributed by atoms with Gasteiger partial charge in [-0.15, -0.1) is 0 Å². The van der Waals surface area contributed by atoms with Crippen LogP contribution in [0.15, 0.2) is 30.6 Å². The summed E-state index contributed by atoms with van der Waals surface area (Å²) in [6, 6.07) is 3.48. The van der Waals surface area contributed by atoms with Crippen molar-refractivity contribution in [3.05, 3.63) is 53.6 Å². The molecule has 0 spiro atoms. The van der Waals surface area contributed by atoms with Crippen molar-refractivity contribution in [2.45, 2.75) is 20.0 Å². The van der Waals surface area contributed by atoms with E-state index in [2.05, 4.69) is 10.3 Å². The molecule has 0 aliphatic carbocycles. The Bertz CT molecular complexity index is 523. The van der Waals surface area contributed by atoms with Gasteiger partial charge in [0.1, 0.15) is 17.5 Å². The summed E-state index contributed by atoms with van der Waals surface area (Å²) in [5.41, 5.74) is 0.345. The molecule has 0 saturated heterocycles. The quantitative estimate of drug-likeness (QED) is 0.826. The summed E-state index contributed by atoms with van der Waals surface area (Å²) in [5.74, 6) is 0.134. The summed E-state index contributed by atoms with van der Waals surface area (Å²) in [5, 5.41) is 3.08. The van der Waals surface area contributed by atoms with Gasteiger partial charge >= 0.3 is 0 Å². The number of nitrogens with one attached hydrogen (secondary N) is 1. The molecule has 18 heavy (non-hydrogen) atoms. The van der Waals surface area contributed by atoms with Gasteiger partial charge in [-0.2, -0.15) is 0 Å². The Morgan fingerprint density at radius 2 is 2.17 bits per heavy atom. The molecule has 0 bridgehead atoms. The SMILES string of the molecule is Cc1nccn1CCNCc1cc(F)ccc1F. The zero-order valence-electron chi connectivity index (χ0n) is 10.2. The van der Waals surface area contributed by atoms with Gasteiger partial charge in [-0.1, -0.05) is 0 Å². The average molecular weight is 251 g/mol. The second-order valence-corrected chi connectivity index (χ2v) is 4.08. The van der Waals surface area contributed by atoms with E-state index in [9.17, 15) is 8.78 Å². The summed E-state index contributed by atoms with van der Waals surface area (Å²) in [6.07, 6.45) is 3.63. The number of hydrogen-bond donors (Lipinski definition) is 1. The molecule has 5 heteroatoms. The van der Waals surface area contributed by atoms with Crippen LogP contribution in [0.4, 0.5) is 8.78 Å². The Morgan fingerprint density at radius 1 is 1.33 bits per heavy atom. The molecule has 2 rings (SSSR count). The van der Waals surface area contributed by atoms with Gasteiger partial charge in [-0.25, -0.2) is 13.8 Å². The number of nitrogens with zero attached hydrogens (tertiary/aromatic N) is 2. The molecular formula is C13H15F2N3. The highest BCUT2D eigenvalue weighted by Gasteiger charge is 2.03. The minimum atomic E-state index is -0.418. The Hall–Kier alpha value is -1.75. The van der Waals surface area contributed by atoms with E-state index in [1.54, 1.807) is 6.20 Å². The fourth-order valence-electron chi connectivity index (χ4n) is 1.74. The van der Waals surface area contributed by atoms with Crippen molar-refractivity contribution in [2.24, 2.45) is 0 Å². The van der Waals surface area contributed by atoms with E-state index in [1.807, 2.05) is 17.7 Å². The average Bonchev–Trinajstić information content (AvgIpc) is 2.75. The van der Waals surface area contributed by atoms with Crippen LogP contribution in [0, 0.1) is 18.6 Å². The van der Waals surface area contributed by atoms with E-state index >= 15 is 0 Å². The van der Waals surface area contributed by atoms with Crippen molar-refractivity contribution in [3.8, 4) is 0 Å². The number of benzene rings is 1. The lowest BCUT2D eigenvalue weighted by Crippen LogP contribution is -2.20. The molecule has 0 atom stereocenters. The van der Waals surface area contributed by atoms with Crippen LogP contribution in [0.1, 0.15) is 11.4 Å². The fraction of sp³-hybridized carbons (Fsp3) is 0.308. The molecule has 0 radical (unpaired) electrons. The number of halogens is 2. The zero-order valence-corrected chi connectivity index (χ0v) is 10.2. The number of hydrogen-bond acceptors (Lipinski definition) is 2. The molecule has 0 fully saturated rings. The normalized spacial score (nSPS) is 10.8. The molecule has 1 aromatic heterocycles. The lowest BCUT2D eigenvalue weighted by atomic mass is 10.2. The molecule has 96 valence electrons. The molecule has 1 N–H and O–H groups in total. The van der Waals surface area contributed by atoms with Gasteiger partial charge in [0, 0.05) is 37.6 Å². The number of rotatable bonds is 5. The summed E-state index contributed by atoms with van der Waals surface area (Å²) in [4.78, 5) is 4.10. The van der Waals surface area contributed by atoms with Crippen LogP contribution >= 0.6 is 0 Å². The van der Waals surface area contributed by atoms with Gasteiger partial charge in [-0.3, -0.25) is 0 Å². The van der Waals surface area contributed by atoms with Crippen LogP contribution in [-0.4, -0.2) is 16.1 Å². The fourth-order valence-corrected chi connectivity index (χ4v) is 1.74. The first-order valence-corrected chi connectivity index (χ1v) is 5.79. The van der Waals surface area contributed by atoms with E-state index in [4.69, 9.17) is 0 Å². The number of imidazole rings is 1. The van der Waals surface area contributed by atoms with Gasteiger partial charge in [-0.05, 0) is 25.1 Å². The third kappa shape index (κ3) is 3.13. The van der Waals surface area contributed by atoms with Crippen LogP contribution < -0.4 is 5.32 Å². The lowest BCUT2D eigenvalue weighted by molar-refractivity contribution is 0.550. The Kier molecular flexibility index (Phi) is 4.04. The monoisotopic (exact) mass is 251 g/mol. The lowest BCUT2D eigenvalue weighted by Gasteiger charge is -2.08. The van der Waals surface area contributed by atoms with Crippen LogP contribution in [0.2, 0.25) is 0 Å². The van der Waals surface area contributed by atoms with Crippen molar-refractivity contribution >= 4 is 0 Å². The minimum absolute atomic E-state index is 0.317. The van der Waals surface area contributed by atoms with E-state index in [1.165, 1.54) is 6.07 Å². The van der Waals surface area contributed by atoms with Crippen molar-refractivity contribution in [2.75, 3.05) is 6.54 Å². The van der Waals surface area contributed by atoms with Crippen LogP contribution in [0.5, 0.6) is 0 Å². The molecule has 0 aliphatic heterocycles. The highest BCUT2D eigenvalue weighted by atomic mass is 19.1. The van der Waals surface area contributed by atoms with E-state index in [0.717, 1.165) is 24.5 Å². The topological polar surface area (TPSA) is 29.9 Å².